The molecular weight excluding hydrogens is 234 g/mol. The maximum atomic E-state index is 10.2. The van der Waals surface area contributed by atoms with E-state index in [0.717, 1.165) is 17.5 Å². The Morgan fingerprint density at radius 2 is 2.00 bits per heavy atom. The minimum absolute atomic E-state index is 0.451. The van der Waals surface area contributed by atoms with Crippen LogP contribution in [0.3, 0.4) is 0 Å². The zero-order valence-corrected chi connectivity index (χ0v) is 10.8. The Labute approximate surface area is 106 Å². The normalized spacial score (nSPS) is 10.9. The predicted molar refractivity (Wildman–Crippen MR) is 72.7 cm³/mol. The van der Waals surface area contributed by atoms with Crippen LogP contribution in [0.4, 0.5) is 0 Å². The van der Waals surface area contributed by atoms with Gasteiger partial charge in [-0.2, -0.15) is 0 Å². The number of nitrogens with zero attached hydrogens (tertiary/aromatic N) is 1. The summed E-state index contributed by atoms with van der Waals surface area (Å²) in [5.41, 5.74) is 0.861. The van der Waals surface area contributed by atoms with E-state index in [0.29, 0.717) is 0 Å². The predicted octanol–water partition coefficient (Wildman–Crippen LogP) is 4.22. The Hall–Kier alpha value is -1.29. The Bertz CT molecular complexity index is 374. The lowest BCUT2D eigenvalue weighted by atomic mass is 10.2. The van der Waals surface area contributed by atoms with Crippen molar-refractivity contribution in [3.8, 4) is 0 Å². The highest BCUT2D eigenvalue weighted by Crippen LogP contribution is 2.20. The van der Waals surface area contributed by atoms with Crippen LogP contribution in [0.5, 0.6) is 0 Å². The van der Waals surface area contributed by atoms with Gasteiger partial charge in [0.25, 0.3) is 0 Å². The molecule has 92 valence electrons. The summed E-state index contributed by atoms with van der Waals surface area (Å²) >= 11 is 1.84. The van der Waals surface area contributed by atoms with Gasteiger partial charge in [0.2, 0.25) is 6.20 Å². The lowest BCUT2D eigenvalue weighted by molar-refractivity contribution is -0.400. The Kier molecular flexibility index (Phi) is 6.40. The van der Waals surface area contributed by atoms with Crippen molar-refractivity contribution >= 4 is 17.8 Å². The molecule has 4 heteroatoms. The summed E-state index contributed by atoms with van der Waals surface area (Å²) in [6, 6.07) is 7.83. The molecule has 1 rings (SSSR count). The van der Waals surface area contributed by atoms with E-state index < -0.39 is 4.92 Å². The highest BCUT2D eigenvalue weighted by Gasteiger charge is 1.95. The molecule has 0 heterocycles. The van der Waals surface area contributed by atoms with E-state index in [1.54, 1.807) is 0 Å². The molecule has 0 amide bonds. The van der Waals surface area contributed by atoms with Crippen molar-refractivity contribution in [2.75, 3.05) is 5.75 Å². The second-order valence-corrected chi connectivity index (χ2v) is 4.89. The molecule has 0 spiro atoms. The third kappa shape index (κ3) is 6.12. The fourth-order valence-electron chi connectivity index (χ4n) is 1.36. The van der Waals surface area contributed by atoms with Crippen LogP contribution >= 0.6 is 11.8 Å². The first kappa shape index (κ1) is 13.8. The summed E-state index contributed by atoms with van der Waals surface area (Å²) in [5.74, 6) is 1.14. The Morgan fingerprint density at radius 3 is 2.59 bits per heavy atom. The molecule has 0 radical (unpaired) electrons. The topological polar surface area (TPSA) is 43.1 Å². The van der Waals surface area contributed by atoms with Gasteiger partial charge in [-0.05, 0) is 29.9 Å². The average molecular weight is 251 g/mol. The summed E-state index contributed by atoms with van der Waals surface area (Å²) in [4.78, 5) is 10.9. The van der Waals surface area contributed by atoms with Gasteiger partial charge in [-0.3, -0.25) is 10.1 Å². The van der Waals surface area contributed by atoms with E-state index in [1.165, 1.54) is 30.2 Å². The van der Waals surface area contributed by atoms with E-state index >= 15 is 0 Å². The maximum absolute atomic E-state index is 10.2. The van der Waals surface area contributed by atoms with Crippen LogP contribution in [-0.4, -0.2) is 10.7 Å². The fourth-order valence-corrected chi connectivity index (χ4v) is 2.28. The third-order valence-electron chi connectivity index (χ3n) is 2.29. The number of thioether (sulfide) groups is 1. The molecule has 0 saturated carbocycles. The van der Waals surface area contributed by atoms with Crippen molar-refractivity contribution in [2.45, 2.75) is 31.1 Å². The fraction of sp³-hybridized carbons (Fsp3) is 0.385. The molecule has 0 aliphatic rings. The first-order chi connectivity index (χ1) is 8.22. The van der Waals surface area contributed by atoms with Gasteiger partial charge in [0.1, 0.15) is 0 Å². The lowest BCUT2D eigenvalue weighted by Gasteiger charge is -2.01. The van der Waals surface area contributed by atoms with Gasteiger partial charge < -0.3 is 0 Å². The highest BCUT2D eigenvalue weighted by atomic mass is 32.2. The first-order valence-electron chi connectivity index (χ1n) is 5.77. The van der Waals surface area contributed by atoms with Gasteiger partial charge >= 0.3 is 0 Å². The molecule has 1 aromatic rings. The van der Waals surface area contributed by atoms with E-state index in [2.05, 4.69) is 6.92 Å². The monoisotopic (exact) mass is 251 g/mol. The first-order valence-corrected chi connectivity index (χ1v) is 6.75. The minimum Gasteiger partial charge on any atom is -0.259 e. The molecule has 17 heavy (non-hydrogen) atoms. The van der Waals surface area contributed by atoms with Crippen LogP contribution in [0.15, 0.2) is 35.4 Å². The van der Waals surface area contributed by atoms with Gasteiger partial charge in [-0.1, -0.05) is 31.9 Å². The minimum atomic E-state index is -0.451. The standard InChI is InChI=1S/C13H17NO2S/c1-2-3-4-11-17-13-7-5-12(6-8-13)9-10-14(15)16/h5-10H,2-4,11H2,1H3/b10-9+. The molecule has 0 unspecified atom stereocenters. The second-order valence-electron chi connectivity index (χ2n) is 3.73. The number of nitro groups is 1. The van der Waals surface area contributed by atoms with E-state index in [1.807, 2.05) is 36.0 Å². The average Bonchev–Trinajstić information content (AvgIpc) is 2.33. The molecule has 0 fully saturated rings. The van der Waals surface area contributed by atoms with Crippen LogP contribution < -0.4 is 0 Å². The Morgan fingerprint density at radius 1 is 1.29 bits per heavy atom. The molecule has 1 aromatic carbocycles. The van der Waals surface area contributed by atoms with Gasteiger partial charge in [0.15, 0.2) is 0 Å². The molecule has 0 aliphatic heterocycles. The summed E-state index contributed by atoms with van der Waals surface area (Å²) in [6.45, 7) is 2.20. The molecule has 0 bridgehead atoms. The van der Waals surface area contributed by atoms with Crippen LogP contribution in [0.1, 0.15) is 31.7 Å². The molecule has 0 saturated heterocycles. The quantitative estimate of drug-likeness (QED) is 0.315. The van der Waals surface area contributed by atoms with Crippen LogP contribution in [0.2, 0.25) is 0 Å². The zero-order chi connectivity index (χ0) is 12.5. The lowest BCUT2D eigenvalue weighted by Crippen LogP contribution is -1.83. The third-order valence-corrected chi connectivity index (χ3v) is 3.38. The molecule has 0 aromatic heterocycles. The number of hydrogen-bond donors (Lipinski definition) is 0. The summed E-state index contributed by atoms with van der Waals surface area (Å²) < 4.78 is 0. The summed E-state index contributed by atoms with van der Waals surface area (Å²) in [6.07, 6.45) is 6.22. The highest BCUT2D eigenvalue weighted by molar-refractivity contribution is 7.99. The molecule has 3 nitrogen and oxygen atoms in total. The van der Waals surface area contributed by atoms with Crippen molar-refractivity contribution in [1.82, 2.24) is 0 Å². The molecule has 0 atom stereocenters. The number of rotatable bonds is 7. The van der Waals surface area contributed by atoms with Gasteiger partial charge in [0.05, 0.1) is 4.92 Å². The van der Waals surface area contributed by atoms with Crippen LogP contribution in [0.25, 0.3) is 6.08 Å². The van der Waals surface area contributed by atoms with Crippen LogP contribution in [-0.2, 0) is 0 Å². The SMILES string of the molecule is CCCCCSc1ccc(/C=C/[N+](=O)[O-])cc1. The van der Waals surface area contributed by atoms with Crippen LogP contribution in [0, 0.1) is 10.1 Å². The number of hydrogen-bond acceptors (Lipinski definition) is 3. The van der Waals surface area contributed by atoms with E-state index in [9.17, 15) is 10.1 Å². The van der Waals surface area contributed by atoms with E-state index in [-0.39, 0.29) is 0 Å². The van der Waals surface area contributed by atoms with Gasteiger partial charge in [-0.15, -0.1) is 11.8 Å². The van der Waals surface area contributed by atoms with Gasteiger partial charge in [0, 0.05) is 11.0 Å². The van der Waals surface area contributed by atoms with Crippen molar-refractivity contribution < 1.29 is 4.92 Å². The number of benzene rings is 1. The largest absolute Gasteiger partial charge is 0.259 e. The second kappa shape index (κ2) is 7.90. The Balaban J connectivity index is 2.42. The number of unbranched alkanes of at least 4 members (excludes halogenated alkanes) is 2. The summed E-state index contributed by atoms with van der Waals surface area (Å²) in [7, 11) is 0. The molecule has 0 aliphatic carbocycles. The zero-order valence-electron chi connectivity index (χ0n) is 9.96. The smallest absolute Gasteiger partial charge is 0.235 e. The maximum Gasteiger partial charge on any atom is 0.235 e. The van der Waals surface area contributed by atoms with Crippen molar-refractivity contribution in [3.05, 3.63) is 46.1 Å². The van der Waals surface area contributed by atoms with Crippen molar-refractivity contribution in [3.63, 3.8) is 0 Å². The molecule has 0 N–H and O–H groups in total. The van der Waals surface area contributed by atoms with Crippen molar-refractivity contribution in [1.29, 1.82) is 0 Å². The molecular formula is C13H17NO2S. The van der Waals surface area contributed by atoms with Gasteiger partial charge in [-0.25, -0.2) is 0 Å². The van der Waals surface area contributed by atoms with E-state index in [4.69, 9.17) is 0 Å². The van der Waals surface area contributed by atoms with Crippen molar-refractivity contribution in [2.24, 2.45) is 0 Å². The summed E-state index contributed by atoms with van der Waals surface area (Å²) in [5, 5.41) is 10.2.